The van der Waals surface area contributed by atoms with Gasteiger partial charge in [0.2, 0.25) is 0 Å². The molecule has 0 aliphatic carbocycles. The molecule has 2 N–H and O–H groups in total. The van der Waals surface area contributed by atoms with E-state index >= 15 is 0 Å². The highest BCUT2D eigenvalue weighted by Crippen LogP contribution is 2.29. The average molecular weight is 399 g/mol. The van der Waals surface area contributed by atoms with Gasteiger partial charge in [0.1, 0.15) is 16.9 Å². The summed E-state index contributed by atoms with van der Waals surface area (Å²) in [4.78, 5) is 23.6. The number of carboxylic acids is 1. The van der Waals surface area contributed by atoms with Crippen molar-refractivity contribution in [1.29, 1.82) is 0 Å². The van der Waals surface area contributed by atoms with Crippen molar-refractivity contribution in [3.63, 3.8) is 0 Å². The van der Waals surface area contributed by atoms with E-state index in [1.807, 2.05) is 24.3 Å². The zero-order valence-electron chi connectivity index (χ0n) is 17.0. The van der Waals surface area contributed by atoms with Crippen molar-refractivity contribution in [2.24, 2.45) is 0 Å². The van der Waals surface area contributed by atoms with Crippen molar-refractivity contribution < 1.29 is 24.2 Å². The summed E-state index contributed by atoms with van der Waals surface area (Å²) in [6.07, 6.45) is 0.0146. The second-order valence-electron chi connectivity index (χ2n) is 7.71. The van der Waals surface area contributed by atoms with E-state index in [-0.39, 0.29) is 5.69 Å². The van der Waals surface area contributed by atoms with Crippen LogP contribution < -0.4 is 10.1 Å². The lowest BCUT2D eigenvalue weighted by Gasteiger charge is -2.19. The Labute approximate surface area is 168 Å². The van der Waals surface area contributed by atoms with Crippen molar-refractivity contribution in [2.75, 3.05) is 13.7 Å². The molecule has 1 aromatic heterocycles. The number of rotatable bonds is 6. The first-order valence-corrected chi connectivity index (χ1v) is 9.37. The van der Waals surface area contributed by atoms with Crippen molar-refractivity contribution in [1.82, 2.24) is 15.1 Å². The van der Waals surface area contributed by atoms with Crippen LogP contribution in [0, 0.1) is 0 Å². The lowest BCUT2D eigenvalue weighted by molar-refractivity contribution is 0.0525. The van der Waals surface area contributed by atoms with E-state index in [1.54, 1.807) is 33.9 Å². The van der Waals surface area contributed by atoms with Gasteiger partial charge in [0, 0.05) is 23.9 Å². The fourth-order valence-electron chi connectivity index (χ4n) is 3.15. The molecular formula is C21H25N3O5. The lowest BCUT2D eigenvalue weighted by Crippen LogP contribution is -2.33. The summed E-state index contributed by atoms with van der Waals surface area (Å²) in [5, 5.41) is 19.3. The van der Waals surface area contributed by atoms with Gasteiger partial charge in [0.15, 0.2) is 5.69 Å². The van der Waals surface area contributed by atoms with E-state index in [4.69, 9.17) is 9.47 Å². The summed E-state index contributed by atoms with van der Waals surface area (Å²) in [5.41, 5.74) is 0.196. The number of alkyl carbamates (subject to hydrolysis) is 1. The standard InChI is InChI=1S/C21H25N3O5/c1-21(2,3)29-20(27)22-10-5-11-24-18(19(25)26)16-8-6-13-12-14(28-4)7-9-15(13)17(16)23-24/h6-9,12H,5,10-11H2,1-4H3,(H,22,27)(H,25,26). The van der Waals surface area contributed by atoms with Crippen molar-refractivity contribution in [3.8, 4) is 5.75 Å². The molecule has 8 nitrogen and oxygen atoms in total. The molecule has 0 saturated heterocycles. The highest BCUT2D eigenvalue weighted by molar-refractivity contribution is 6.11. The number of aromatic nitrogens is 2. The number of fused-ring (bicyclic) bond motifs is 3. The Morgan fingerprint density at radius 2 is 1.90 bits per heavy atom. The van der Waals surface area contributed by atoms with Crippen LogP contribution in [0.1, 0.15) is 37.7 Å². The number of carbonyl (C=O) groups excluding carboxylic acids is 1. The molecule has 0 spiro atoms. The first-order chi connectivity index (χ1) is 13.7. The molecule has 3 rings (SSSR count). The van der Waals surface area contributed by atoms with E-state index in [2.05, 4.69) is 10.4 Å². The van der Waals surface area contributed by atoms with Crippen LogP contribution in [0.5, 0.6) is 5.75 Å². The summed E-state index contributed by atoms with van der Waals surface area (Å²) in [6, 6.07) is 9.22. The average Bonchev–Trinajstić information content (AvgIpc) is 3.02. The van der Waals surface area contributed by atoms with Gasteiger partial charge in [-0.05, 0) is 56.8 Å². The summed E-state index contributed by atoms with van der Waals surface area (Å²) in [7, 11) is 1.60. The maximum Gasteiger partial charge on any atom is 0.407 e. The minimum absolute atomic E-state index is 0.134. The van der Waals surface area contributed by atoms with E-state index in [0.29, 0.717) is 30.4 Å². The van der Waals surface area contributed by atoms with Crippen LogP contribution in [-0.2, 0) is 11.3 Å². The molecule has 0 radical (unpaired) electrons. The van der Waals surface area contributed by atoms with Gasteiger partial charge in [0.05, 0.1) is 7.11 Å². The molecule has 0 bridgehead atoms. The van der Waals surface area contributed by atoms with Crippen molar-refractivity contribution >= 4 is 33.7 Å². The Morgan fingerprint density at radius 1 is 1.17 bits per heavy atom. The molecule has 1 amide bonds. The molecule has 29 heavy (non-hydrogen) atoms. The van der Waals surface area contributed by atoms with Crippen molar-refractivity contribution in [2.45, 2.75) is 39.3 Å². The summed E-state index contributed by atoms with van der Waals surface area (Å²) >= 11 is 0. The third-order valence-electron chi connectivity index (χ3n) is 4.35. The zero-order valence-corrected chi connectivity index (χ0v) is 17.0. The highest BCUT2D eigenvalue weighted by Gasteiger charge is 2.20. The van der Waals surface area contributed by atoms with Gasteiger partial charge in [-0.25, -0.2) is 9.59 Å². The van der Waals surface area contributed by atoms with Crippen LogP contribution >= 0.6 is 0 Å². The third kappa shape index (κ3) is 4.59. The van der Waals surface area contributed by atoms with Crippen LogP contribution in [-0.4, -0.2) is 46.2 Å². The molecule has 154 valence electrons. The van der Waals surface area contributed by atoms with E-state index in [0.717, 1.165) is 16.5 Å². The number of aromatic carboxylic acids is 1. The number of ether oxygens (including phenoxy) is 2. The van der Waals surface area contributed by atoms with E-state index in [9.17, 15) is 14.7 Å². The predicted octanol–water partition coefficient (Wildman–Crippen LogP) is 3.81. The summed E-state index contributed by atoms with van der Waals surface area (Å²) < 4.78 is 11.9. The quantitative estimate of drug-likeness (QED) is 0.611. The molecule has 0 saturated carbocycles. The fraction of sp³-hybridized carbons (Fsp3) is 0.381. The largest absolute Gasteiger partial charge is 0.497 e. The second-order valence-corrected chi connectivity index (χ2v) is 7.71. The number of carbonyl (C=O) groups is 2. The summed E-state index contributed by atoms with van der Waals surface area (Å²) in [6.45, 7) is 6.08. The molecule has 0 fully saturated rings. The van der Waals surface area contributed by atoms with Gasteiger partial charge in [-0.15, -0.1) is 0 Å². The van der Waals surface area contributed by atoms with E-state index < -0.39 is 17.7 Å². The molecule has 0 unspecified atom stereocenters. The van der Waals surface area contributed by atoms with Crippen LogP contribution in [0.25, 0.3) is 21.7 Å². The minimum Gasteiger partial charge on any atom is -0.497 e. The Kier molecular flexibility index (Phi) is 5.63. The van der Waals surface area contributed by atoms with Crippen LogP contribution in [0.2, 0.25) is 0 Å². The Hall–Kier alpha value is -3.29. The number of aryl methyl sites for hydroxylation is 1. The third-order valence-corrected chi connectivity index (χ3v) is 4.35. The zero-order chi connectivity index (χ0) is 21.2. The van der Waals surface area contributed by atoms with Gasteiger partial charge in [-0.3, -0.25) is 4.68 Å². The number of benzene rings is 2. The first kappa shape index (κ1) is 20.4. The van der Waals surface area contributed by atoms with Crippen molar-refractivity contribution in [3.05, 3.63) is 36.0 Å². The smallest absolute Gasteiger partial charge is 0.407 e. The van der Waals surface area contributed by atoms with Gasteiger partial charge in [-0.1, -0.05) is 6.07 Å². The maximum absolute atomic E-state index is 11.9. The van der Waals surface area contributed by atoms with Crippen LogP contribution in [0.15, 0.2) is 30.3 Å². The van der Waals surface area contributed by atoms with Crippen LogP contribution in [0.3, 0.4) is 0 Å². The first-order valence-electron chi connectivity index (χ1n) is 9.37. The molecule has 0 atom stereocenters. The SMILES string of the molecule is COc1ccc2c(ccc3c(C(=O)O)n(CCCNC(=O)OC(C)(C)C)nc32)c1. The normalized spacial score (nSPS) is 11.6. The number of methoxy groups -OCH3 is 1. The second kappa shape index (κ2) is 7.98. The van der Waals surface area contributed by atoms with Crippen LogP contribution in [0.4, 0.5) is 4.79 Å². The van der Waals surface area contributed by atoms with Gasteiger partial charge < -0.3 is 19.9 Å². The number of nitrogens with one attached hydrogen (secondary N) is 1. The van der Waals surface area contributed by atoms with Gasteiger partial charge >= 0.3 is 12.1 Å². The minimum atomic E-state index is -1.04. The molecule has 1 heterocycles. The number of carboxylic acid groups (broad SMARTS) is 1. The molecule has 0 aliphatic heterocycles. The number of hydrogen-bond donors (Lipinski definition) is 2. The fourth-order valence-corrected chi connectivity index (χ4v) is 3.15. The lowest BCUT2D eigenvalue weighted by atomic mass is 10.1. The molecule has 2 aromatic carbocycles. The monoisotopic (exact) mass is 399 g/mol. The highest BCUT2D eigenvalue weighted by atomic mass is 16.6. The Morgan fingerprint density at radius 3 is 2.55 bits per heavy atom. The topological polar surface area (TPSA) is 103 Å². The number of amides is 1. The Balaban J connectivity index is 1.82. The van der Waals surface area contributed by atoms with E-state index in [1.165, 1.54) is 4.68 Å². The maximum atomic E-state index is 11.9. The van der Waals surface area contributed by atoms with Gasteiger partial charge in [-0.2, -0.15) is 5.10 Å². The Bertz CT molecular complexity index is 1070. The van der Waals surface area contributed by atoms with Gasteiger partial charge in [0.25, 0.3) is 0 Å². The summed E-state index contributed by atoms with van der Waals surface area (Å²) in [5.74, 6) is -0.316. The molecule has 3 aromatic rings. The number of hydrogen-bond acceptors (Lipinski definition) is 5. The molecule has 8 heteroatoms. The molecular weight excluding hydrogens is 374 g/mol. The molecule has 0 aliphatic rings. The predicted molar refractivity (Wildman–Crippen MR) is 110 cm³/mol. The number of nitrogens with zero attached hydrogens (tertiary/aromatic N) is 2.